The van der Waals surface area contributed by atoms with Gasteiger partial charge in [-0.2, -0.15) is 0 Å². The molecule has 1 rings (SSSR count). The Hall–Kier alpha value is -0.570. The Kier molecular flexibility index (Phi) is 4.11. The van der Waals surface area contributed by atoms with E-state index in [1.54, 1.807) is 0 Å². The van der Waals surface area contributed by atoms with E-state index >= 15 is 0 Å². The van der Waals surface area contributed by atoms with Gasteiger partial charge in [0, 0.05) is 6.92 Å². The molecule has 0 saturated heterocycles. The molecule has 0 unspecified atom stereocenters. The minimum Gasteiger partial charge on any atom is -1.00 e. The third kappa shape index (κ3) is 2.19. The monoisotopic (exact) mass is 216 g/mol. The van der Waals surface area contributed by atoms with E-state index in [1.807, 2.05) is 19.3 Å². The molecule has 0 fully saturated rings. The standard InChI is InChI=1S/C8H13N2.BrH/c1-4-5-10-7-6-9(3)8(10)2;/h4,6-7H,1,5H2,2-3H3;1H/q+1;/p-1. The summed E-state index contributed by atoms with van der Waals surface area (Å²) in [5, 5.41) is 0. The molecule has 2 nitrogen and oxygen atoms in total. The summed E-state index contributed by atoms with van der Waals surface area (Å²) in [5.41, 5.74) is 0. The molecule has 0 aliphatic heterocycles. The van der Waals surface area contributed by atoms with E-state index in [1.165, 1.54) is 5.82 Å². The first-order chi connectivity index (χ1) is 4.75. The summed E-state index contributed by atoms with van der Waals surface area (Å²) < 4.78 is 4.23. The highest BCUT2D eigenvalue weighted by atomic mass is 79.9. The number of aryl methyl sites for hydroxylation is 1. The minimum atomic E-state index is 0. The van der Waals surface area contributed by atoms with Crippen molar-refractivity contribution in [2.45, 2.75) is 13.5 Å². The number of nitrogens with zero attached hydrogens (tertiary/aromatic N) is 2. The van der Waals surface area contributed by atoms with Crippen LogP contribution in [0.25, 0.3) is 0 Å². The molecular formula is C8H13BrN2. The molecule has 0 aromatic carbocycles. The molecule has 0 bridgehead atoms. The first-order valence-corrected chi connectivity index (χ1v) is 3.38. The molecule has 1 aromatic rings. The van der Waals surface area contributed by atoms with Crippen molar-refractivity contribution in [2.75, 3.05) is 0 Å². The fourth-order valence-electron chi connectivity index (χ4n) is 0.931. The van der Waals surface area contributed by atoms with Gasteiger partial charge in [-0.1, -0.05) is 12.7 Å². The maximum atomic E-state index is 3.68. The third-order valence-corrected chi connectivity index (χ3v) is 1.72. The van der Waals surface area contributed by atoms with Gasteiger partial charge in [-0.3, -0.25) is 0 Å². The smallest absolute Gasteiger partial charge is 0.253 e. The number of hydrogen-bond acceptors (Lipinski definition) is 0. The van der Waals surface area contributed by atoms with Crippen LogP contribution in [0.1, 0.15) is 5.82 Å². The van der Waals surface area contributed by atoms with Crippen LogP contribution in [-0.2, 0) is 13.6 Å². The lowest BCUT2D eigenvalue weighted by molar-refractivity contribution is -0.677. The van der Waals surface area contributed by atoms with Crippen LogP contribution < -0.4 is 21.5 Å². The van der Waals surface area contributed by atoms with Crippen molar-refractivity contribution in [2.24, 2.45) is 7.05 Å². The van der Waals surface area contributed by atoms with Crippen LogP contribution >= 0.6 is 0 Å². The van der Waals surface area contributed by atoms with E-state index in [0.29, 0.717) is 0 Å². The summed E-state index contributed by atoms with van der Waals surface area (Å²) in [4.78, 5) is 0. The number of aromatic nitrogens is 2. The van der Waals surface area contributed by atoms with Gasteiger partial charge < -0.3 is 17.0 Å². The maximum absolute atomic E-state index is 3.68. The minimum absolute atomic E-state index is 0. The quantitative estimate of drug-likeness (QED) is 0.393. The Bertz CT molecular complexity index is 240. The molecule has 0 saturated carbocycles. The predicted octanol–water partition coefficient (Wildman–Crippen LogP) is -2.19. The van der Waals surface area contributed by atoms with Crippen molar-refractivity contribution < 1.29 is 21.5 Å². The van der Waals surface area contributed by atoms with Crippen molar-refractivity contribution >= 4 is 0 Å². The molecule has 0 N–H and O–H groups in total. The van der Waals surface area contributed by atoms with Crippen LogP contribution in [0.2, 0.25) is 0 Å². The van der Waals surface area contributed by atoms with E-state index in [0.717, 1.165) is 6.54 Å². The number of imidazole rings is 1. The Morgan fingerprint density at radius 1 is 1.73 bits per heavy atom. The molecule has 0 aliphatic rings. The molecule has 0 radical (unpaired) electrons. The van der Waals surface area contributed by atoms with Crippen LogP contribution in [0.4, 0.5) is 0 Å². The topological polar surface area (TPSA) is 8.81 Å². The third-order valence-electron chi connectivity index (χ3n) is 1.72. The van der Waals surface area contributed by atoms with Crippen molar-refractivity contribution in [1.82, 2.24) is 4.57 Å². The van der Waals surface area contributed by atoms with Crippen LogP contribution in [0, 0.1) is 6.92 Å². The van der Waals surface area contributed by atoms with Gasteiger partial charge in [0.1, 0.15) is 18.9 Å². The van der Waals surface area contributed by atoms with Gasteiger partial charge >= 0.3 is 0 Å². The Balaban J connectivity index is 0.000001000. The number of rotatable bonds is 2. The molecule has 0 spiro atoms. The Morgan fingerprint density at radius 3 is 2.73 bits per heavy atom. The Morgan fingerprint density at radius 2 is 2.36 bits per heavy atom. The Labute approximate surface area is 77.9 Å². The SMILES string of the molecule is C=CCn1cc[n+](C)c1C.[Br-]. The van der Waals surface area contributed by atoms with Crippen LogP contribution in [-0.4, -0.2) is 4.57 Å². The summed E-state index contributed by atoms with van der Waals surface area (Å²) in [5.74, 6) is 1.25. The van der Waals surface area contributed by atoms with Crippen molar-refractivity contribution in [1.29, 1.82) is 0 Å². The van der Waals surface area contributed by atoms with Gasteiger partial charge in [-0.05, 0) is 0 Å². The molecule has 3 heteroatoms. The van der Waals surface area contributed by atoms with Gasteiger partial charge in [0.15, 0.2) is 0 Å². The van der Waals surface area contributed by atoms with Gasteiger partial charge in [-0.25, -0.2) is 9.13 Å². The molecule has 1 heterocycles. The van der Waals surface area contributed by atoms with E-state index in [4.69, 9.17) is 0 Å². The normalized spacial score (nSPS) is 8.91. The first kappa shape index (κ1) is 10.4. The lowest BCUT2D eigenvalue weighted by atomic mass is 10.5. The maximum Gasteiger partial charge on any atom is 0.253 e. The fraction of sp³-hybridized carbons (Fsp3) is 0.375. The van der Waals surface area contributed by atoms with Gasteiger partial charge in [0.05, 0.1) is 7.05 Å². The molecule has 0 amide bonds. The highest BCUT2D eigenvalue weighted by Crippen LogP contribution is 1.91. The predicted molar refractivity (Wildman–Crippen MR) is 40.5 cm³/mol. The van der Waals surface area contributed by atoms with E-state index in [2.05, 4.69) is 28.8 Å². The van der Waals surface area contributed by atoms with E-state index in [-0.39, 0.29) is 17.0 Å². The zero-order chi connectivity index (χ0) is 7.56. The van der Waals surface area contributed by atoms with E-state index < -0.39 is 0 Å². The summed E-state index contributed by atoms with van der Waals surface area (Å²) in [6.45, 7) is 6.66. The molecule has 62 valence electrons. The zero-order valence-electron chi connectivity index (χ0n) is 6.92. The van der Waals surface area contributed by atoms with Gasteiger partial charge in [0.2, 0.25) is 0 Å². The van der Waals surface area contributed by atoms with Crippen molar-refractivity contribution in [3.8, 4) is 0 Å². The second-order valence-electron chi connectivity index (χ2n) is 2.40. The number of allylic oxidation sites excluding steroid dienone is 1. The lowest BCUT2D eigenvalue weighted by Gasteiger charge is -1.91. The molecule has 0 atom stereocenters. The summed E-state index contributed by atoms with van der Waals surface area (Å²) in [6, 6.07) is 0. The highest BCUT2D eigenvalue weighted by Gasteiger charge is 2.04. The molecule has 1 aromatic heterocycles. The van der Waals surface area contributed by atoms with Crippen LogP contribution in [0.15, 0.2) is 25.0 Å². The molecule has 11 heavy (non-hydrogen) atoms. The van der Waals surface area contributed by atoms with Crippen molar-refractivity contribution in [3.05, 3.63) is 30.9 Å². The van der Waals surface area contributed by atoms with Crippen LogP contribution in [0.5, 0.6) is 0 Å². The molecular weight excluding hydrogens is 204 g/mol. The second-order valence-corrected chi connectivity index (χ2v) is 2.40. The largest absolute Gasteiger partial charge is 1.00 e. The first-order valence-electron chi connectivity index (χ1n) is 3.38. The second kappa shape index (κ2) is 4.34. The molecule has 0 aliphatic carbocycles. The average molecular weight is 217 g/mol. The van der Waals surface area contributed by atoms with Crippen LogP contribution in [0.3, 0.4) is 0 Å². The zero-order valence-corrected chi connectivity index (χ0v) is 8.50. The number of halogens is 1. The lowest BCUT2D eigenvalue weighted by Crippen LogP contribution is -3.00. The van der Waals surface area contributed by atoms with Gasteiger partial charge in [0.25, 0.3) is 5.82 Å². The summed E-state index contributed by atoms with van der Waals surface area (Å²) in [6.07, 6.45) is 5.99. The summed E-state index contributed by atoms with van der Waals surface area (Å²) >= 11 is 0. The van der Waals surface area contributed by atoms with Gasteiger partial charge in [-0.15, -0.1) is 0 Å². The fourth-order valence-corrected chi connectivity index (χ4v) is 0.931. The number of hydrogen-bond donors (Lipinski definition) is 0. The average Bonchev–Trinajstić information content (AvgIpc) is 2.20. The van der Waals surface area contributed by atoms with E-state index in [9.17, 15) is 0 Å². The summed E-state index contributed by atoms with van der Waals surface area (Å²) in [7, 11) is 2.04. The van der Waals surface area contributed by atoms with Crippen molar-refractivity contribution in [3.63, 3.8) is 0 Å². The highest BCUT2D eigenvalue weighted by molar-refractivity contribution is 4.83.